The van der Waals surface area contributed by atoms with Gasteiger partial charge in [0.15, 0.2) is 46.2 Å². The molecule has 0 amide bonds. The van der Waals surface area contributed by atoms with Gasteiger partial charge in [0.1, 0.15) is 126 Å². The second kappa shape index (κ2) is 28.2. The Morgan fingerprint density at radius 2 is 0.325 bits per heavy atom. The molecular weight excluding hydrogens is 1730 g/mol. The molecule has 3 aliphatic rings. The van der Waals surface area contributed by atoms with E-state index < -0.39 is 166 Å². The van der Waals surface area contributed by atoms with Gasteiger partial charge in [-0.2, -0.15) is 0 Å². The molecule has 3 aliphatic heterocycles. The predicted molar refractivity (Wildman–Crippen MR) is 404 cm³/mol. The van der Waals surface area contributed by atoms with E-state index in [0.717, 1.165) is 97.1 Å². The zero-order valence-corrected chi connectivity index (χ0v) is 65.3. The first-order chi connectivity index (χ1) is 56.4. The summed E-state index contributed by atoms with van der Waals surface area (Å²) in [7, 11) is -41.0. The molecular formula is C72H34N16O24S8-8. The van der Waals surface area contributed by atoms with Crippen molar-refractivity contribution < 1.29 is 104 Å². The zero-order valence-electron chi connectivity index (χ0n) is 58.8. The molecule has 602 valence electrons. The molecule has 9 heterocycles. The van der Waals surface area contributed by atoms with Gasteiger partial charge in [-0.05, 0) is 97.1 Å². The normalized spacial score (nSPS) is 12.9. The number of rotatable bonds is 16. The Bertz CT molecular complexity index is 7600. The first-order valence-electron chi connectivity index (χ1n) is 33.5. The third-order valence-corrected chi connectivity index (χ3v) is 25.2. The summed E-state index contributed by atoms with van der Waals surface area (Å²) in [6.45, 7) is 0. The van der Waals surface area contributed by atoms with E-state index in [1.807, 2.05) is 0 Å². The zero-order chi connectivity index (χ0) is 85.0. The van der Waals surface area contributed by atoms with E-state index in [1.54, 1.807) is 0 Å². The van der Waals surface area contributed by atoms with Gasteiger partial charge >= 0.3 is 0 Å². The Morgan fingerprint density at radius 3 is 0.525 bits per heavy atom. The summed E-state index contributed by atoms with van der Waals surface area (Å²) in [5.41, 5.74) is -4.95. The highest BCUT2D eigenvalue weighted by Crippen LogP contribution is 2.45. The molecule has 40 nitrogen and oxygen atoms in total. The minimum absolute atomic E-state index is 0.000408. The Hall–Kier alpha value is -13.3. The molecule has 0 radical (unpaired) electrons. The number of hydrogen-bond acceptors (Lipinski definition) is 38. The summed E-state index contributed by atoms with van der Waals surface area (Å²) in [5.74, 6) is -2.78. The Kier molecular flexibility index (Phi) is 18.6. The van der Waals surface area contributed by atoms with E-state index in [1.165, 1.54) is 97.1 Å². The fourth-order valence-electron chi connectivity index (χ4n) is 12.8. The van der Waals surface area contributed by atoms with Gasteiger partial charge in [0.2, 0.25) is 0 Å². The van der Waals surface area contributed by atoms with Gasteiger partial charge in [0.05, 0.1) is 84.7 Å². The molecule has 17 rings (SSSR count). The van der Waals surface area contributed by atoms with Gasteiger partial charge < -0.3 is 46.4 Å². The topological polar surface area (TPSA) is 670 Å². The van der Waals surface area contributed by atoms with Crippen LogP contribution in [0.4, 0.5) is 0 Å². The van der Waals surface area contributed by atoms with Crippen molar-refractivity contribution in [2.75, 3.05) is 0 Å². The van der Waals surface area contributed by atoms with Crippen molar-refractivity contribution in [3.05, 3.63) is 194 Å². The van der Waals surface area contributed by atoms with Crippen molar-refractivity contribution in [3.63, 3.8) is 0 Å². The van der Waals surface area contributed by atoms with Crippen LogP contribution in [0.3, 0.4) is 0 Å². The molecule has 0 atom stereocenters. The van der Waals surface area contributed by atoms with Crippen LogP contribution in [-0.2, 0) is 80.9 Å². The maximum absolute atomic E-state index is 12.4. The highest BCUT2D eigenvalue weighted by atomic mass is 32.2. The van der Waals surface area contributed by atoms with Gasteiger partial charge in [-0.3, -0.25) is 0 Å². The molecule has 0 aliphatic carbocycles. The third-order valence-electron chi connectivity index (χ3n) is 18.4. The first kappa shape index (κ1) is 79.2. The smallest absolute Gasteiger partial charge is 0.184 e. The Labute approximate surface area is 674 Å². The van der Waals surface area contributed by atoms with Crippen LogP contribution in [0.25, 0.3) is 181 Å². The van der Waals surface area contributed by atoms with E-state index in [0.29, 0.717) is 0 Å². The van der Waals surface area contributed by atoms with Crippen LogP contribution < -0.4 is 0 Å². The first-order valence-corrected chi connectivity index (χ1v) is 44.7. The minimum atomic E-state index is -5.13. The average molecular weight is 1760 g/mol. The lowest BCUT2D eigenvalue weighted by Crippen LogP contribution is -2.02. The fourth-order valence-corrected chi connectivity index (χ4v) is 16.6. The number of benzene rings is 8. The lowest BCUT2D eigenvalue weighted by molar-refractivity contribution is 0.461. The van der Waals surface area contributed by atoms with E-state index in [-0.39, 0.29) is 135 Å². The monoisotopic (exact) mass is 1760 g/mol. The van der Waals surface area contributed by atoms with Crippen LogP contribution in [0.2, 0.25) is 0 Å². The van der Waals surface area contributed by atoms with Crippen molar-refractivity contribution >= 4 is 103 Å². The molecule has 6 aromatic heterocycles. The number of H-pyrrole nitrogens is 2. The summed E-state index contributed by atoms with van der Waals surface area (Å²) in [4.78, 5) is 70.5. The number of nitrogens with one attached hydrogen (secondary N) is 2. The maximum atomic E-state index is 12.4. The second-order valence-corrected chi connectivity index (χ2v) is 36.9. The van der Waals surface area contributed by atoms with Gasteiger partial charge in [-0.15, -0.1) is 0 Å². The molecule has 0 spiro atoms. The molecule has 0 unspecified atom stereocenters. The van der Waals surface area contributed by atoms with E-state index in [9.17, 15) is 104 Å². The average Bonchev–Trinajstić information content (AvgIpc) is 1.57. The lowest BCUT2D eigenvalue weighted by atomic mass is 10.0. The maximum Gasteiger partial charge on any atom is 0.184 e. The van der Waals surface area contributed by atoms with Crippen LogP contribution >= 0.6 is 0 Å². The molecule has 0 saturated carbocycles. The molecule has 120 heavy (non-hydrogen) atoms. The second-order valence-electron chi connectivity index (χ2n) is 25.9. The van der Waals surface area contributed by atoms with Crippen LogP contribution in [0, 0.1) is 0 Å². The number of aromatic nitrogens is 16. The third kappa shape index (κ3) is 14.9. The highest BCUT2D eigenvalue weighted by Gasteiger charge is 2.34. The molecule has 8 bridgehead atoms. The van der Waals surface area contributed by atoms with Crippen molar-refractivity contribution in [3.8, 4) is 159 Å². The summed E-state index contributed by atoms with van der Waals surface area (Å²) in [6, 6.07) is 33.7. The van der Waals surface area contributed by atoms with Gasteiger partial charge in [-0.1, -0.05) is 97.1 Å². The summed E-state index contributed by atoms with van der Waals surface area (Å²) < 4.78 is 298. The quantitative estimate of drug-likeness (QED) is 0.0974. The van der Waals surface area contributed by atoms with Crippen LogP contribution in [-0.4, -0.2) is 184 Å². The molecule has 14 aromatic rings. The fraction of sp³-hybridized carbons (Fsp3) is 0. The SMILES string of the molecule is O=S(=O)([O-])c1ccc(-c2nc3c(nc2-c2ccc(S(=O)(=O)[O-])cc2)-c2nc-3nc3nc([nH]c4nc(nc5[nH]c(n2)c2nc(-c6ccc(S(=O)(=O)[O-])cc6)c(-c6ccc(S(=O)(=O)[O-])cc6)nc52)-c2nc(-c5ccc(S(=O)(=O)[O-])cc5)c(-c5ccc(S(=O)(=O)[O-])cc5)nc2-4)-c2nc(-c4ccc(S(=O)(=O)[O-])cc4)c(-c4ccc(S(=O)(=O)[O-])cc4)nc2-3)cc1. The largest absolute Gasteiger partial charge is 0.744 e. The molecule has 0 fully saturated rings. The van der Waals surface area contributed by atoms with Crippen molar-refractivity contribution in [2.24, 2.45) is 0 Å². The van der Waals surface area contributed by atoms with E-state index >= 15 is 0 Å². The van der Waals surface area contributed by atoms with E-state index in [2.05, 4.69) is 9.97 Å². The summed E-state index contributed by atoms with van der Waals surface area (Å²) in [5, 5.41) is 0. The minimum Gasteiger partial charge on any atom is -0.744 e. The van der Waals surface area contributed by atoms with Crippen molar-refractivity contribution in [1.82, 2.24) is 79.7 Å². The standard InChI is InChI=1S/C72H42N16O24S8/c89-113(90,91)41-17-1-33(2-18-41)49-50(34-3-19-42(20-4-34)114(92,93)94)74-58-57(73-49)65-81-66(58)86-68-61-62(78-54(38-11-27-46(28-12-38)118(104,105)106)53(77-61)37-9-25-45(26-10-37)117(101,102)103)70(83-68)88-72-64-63(79-55(39-13-29-47(30-14-39)119(107,108)109)56(80-64)40-15-31-48(32-16-40)120(110,111)112)71(84-72)87-69-60-59(67(82-69)85-65)75-51(35-5-21-43(22-6-35)115(95,96)97)52(76-60)36-7-23-44(24-8-36)116(98,99)100/h1-32H,(H,89,90,91)(H,92,93,94)(H,95,96,97)(H,98,99,100)(H,101,102,103)(H,104,105,106)(H,107,108,109)(H,110,111,112)(H2,81,82,83,84,85,86,87,88)/p-8. The van der Waals surface area contributed by atoms with Crippen molar-refractivity contribution in [2.45, 2.75) is 39.2 Å². The predicted octanol–water partition coefficient (Wildman–Crippen LogP) is 6.50. The molecule has 48 heteroatoms. The number of fused-ring (bicyclic) bond motifs is 20. The molecule has 2 N–H and O–H groups in total. The lowest BCUT2D eigenvalue weighted by Gasteiger charge is -2.14. The number of aromatic amines is 2. The Balaban J connectivity index is 1.04. The highest BCUT2D eigenvalue weighted by molar-refractivity contribution is 7.87. The van der Waals surface area contributed by atoms with Crippen LogP contribution in [0.1, 0.15) is 0 Å². The number of hydrogen-bond donors (Lipinski definition) is 2. The molecule has 8 aromatic carbocycles. The summed E-state index contributed by atoms with van der Waals surface area (Å²) >= 11 is 0. The van der Waals surface area contributed by atoms with Crippen LogP contribution in [0.5, 0.6) is 0 Å². The van der Waals surface area contributed by atoms with Crippen molar-refractivity contribution in [1.29, 1.82) is 0 Å². The van der Waals surface area contributed by atoms with Crippen LogP contribution in [0.15, 0.2) is 233 Å². The number of nitrogens with zero attached hydrogens (tertiary/aromatic N) is 14. The Morgan fingerprint density at radius 1 is 0.167 bits per heavy atom. The van der Waals surface area contributed by atoms with Gasteiger partial charge in [0.25, 0.3) is 0 Å². The van der Waals surface area contributed by atoms with Gasteiger partial charge in [0, 0.05) is 44.5 Å². The molecule has 0 saturated heterocycles. The van der Waals surface area contributed by atoms with Gasteiger partial charge in [-0.25, -0.2) is 137 Å². The summed E-state index contributed by atoms with van der Waals surface area (Å²) in [6.07, 6.45) is 0. The van der Waals surface area contributed by atoms with E-state index in [4.69, 9.17) is 69.8 Å².